The first-order chi connectivity index (χ1) is 14.1. The number of carbonyl (C=O) groups is 1. The van der Waals surface area contributed by atoms with Crippen LogP contribution in [0.2, 0.25) is 0 Å². The van der Waals surface area contributed by atoms with Crippen molar-refractivity contribution in [2.24, 2.45) is 0 Å². The van der Waals surface area contributed by atoms with E-state index in [9.17, 15) is 9.90 Å². The zero-order valence-corrected chi connectivity index (χ0v) is 16.5. The lowest BCUT2D eigenvalue weighted by Crippen LogP contribution is -2.17. The average molecular weight is 393 g/mol. The van der Waals surface area contributed by atoms with Crippen LogP contribution >= 0.6 is 0 Å². The summed E-state index contributed by atoms with van der Waals surface area (Å²) < 4.78 is 10.6. The third-order valence-corrected chi connectivity index (χ3v) is 4.49. The van der Waals surface area contributed by atoms with Gasteiger partial charge < -0.3 is 14.6 Å². The third-order valence-electron chi connectivity index (χ3n) is 4.49. The van der Waals surface area contributed by atoms with Crippen LogP contribution in [0.1, 0.15) is 37.7 Å². The van der Waals surface area contributed by atoms with E-state index < -0.39 is 12.1 Å². The van der Waals surface area contributed by atoms with Gasteiger partial charge in [-0.05, 0) is 48.2 Å². The first-order valence-corrected chi connectivity index (χ1v) is 9.83. The number of hydrogen-bond donors (Lipinski definition) is 1. The topological polar surface area (TPSA) is 79.6 Å². The molecule has 29 heavy (non-hydrogen) atoms. The summed E-state index contributed by atoms with van der Waals surface area (Å²) in [5.41, 5.74) is 2.80. The van der Waals surface area contributed by atoms with Crippen molar-refractivity contribution in [1.82, 2.24) is 0 Å². The Balaban J connectivity index is 1.59. The van der Waals surface area contributed by atoms with Crippen molar-refractivity contribution in [3.63, 3.8) is 0 Å². The molecule has 2 aromatic rings. The summed E-state index contributed by atoms with van der Waals surface area (Å²) in [7, 11) is 0. The van der Waals surface area contributed by atoms with E-state index in [1.165, 1.54) is 0 Å². The Hall–Kier alpha value is -3.10. The van der Waals surface area contributed by atoms with Crippen molar-refractivity contribution < 1.29 is 19.4 Å². The van der Waals surface area contributed by atoms with E-state index in [0.29, 0.717) is 18.6 Å². The van der Waals surface area contributed by atoms with E-state index in [0.717, 1.165) is 48.6 Å². The number of nitrogens with zero attached hydrogens (tertiary/aromatic N) is 1. The minimum atomic E-state index is -0.621. The van der Waals surface area contributed by atoms with Crippen LogP contribution in [0.5, 0.6) is 5.75 Å². The second-order valence-corrected chi connectivity index (χ2v) is 6.75. The third kappa shape index (κ3) is 8.20. The van der Waals surface area contributed by atoms with Crippen LogP contribution in [-0.4, -0.2) is 30.4 Å². The molecular weight excluding hydrogens is 366 g/mol. The van der Waals surface area contributed by atoms with Crippen molar-refractivity contribution in [3.8, 4) is 22.9 Å². The predicted octanol–water partition coefficient (Wildman–Crippen LogP) is 4.64. The molecule has 0 saturated heterocycles. The molecule has 0 saturated carbocycles. The minimum Gasteiger partial charge on any atom is -0.494 e. The fraction of sp³-hybridized carbons (Fsp3) is 0.333. The molecule has 0 heterocycles. The van der Waals surface area contributed by atoms with Crippen LogP contribution in [0.3, 0.4) is 0 Å². The van der Waals surface area contributed by atoms with E-state index in [-0.39, 0.29) is 6.61 Å². The van der Waals surface area contributed by atoms with Gasteiger partial charge in [0.05, 0.1) is 24.3 Å². The van der Waals surface area contributed by atoms with Crippen molar-refractivity contribution in [2.45, 2.75) is 38.2 Å². The second-order valence-electron chi connectivity index (χ2n) is 6.75. The molecular formula is C24H27NO4. The number of rotatable bonds is 12. The molecule has 2 rings (SSSR count). The van der Waals surface area contributed by atoms with Gasteiger partial charge in [-0.15, -0.1) is 0 Å². The molecule has 0 amide bonds. The molecule has 5 nitrogen and oxygen atoms in total. The van der Waals surface area contributed by atoms with Gasteiger partial charge in [0.25, 0.3) is 0 Å². The number of hydrogen-bond acceptors (Lipinski definition) is 5. The van der Waals surface area contributed by atoms with Crippen LogP contribution < -0.4 is 4.74 Å². The molecule has 0 fully saturated rings. The molecule has 152 valence electrons. The highest BCUT2D eigenvalue weighted by atomic mass is 16.5. The summed E-state index contributed by atoms with van der Waals surface area (Å²) in [5, 5.41) is 18.6. The smallest absolute Gasteiger partial charge is 0.330 e. The molecule has 1 N–H and O–H groups in total. The van der Waals surface area contributed by atoms with Gasteiger partial charge in [-0.25, -0.2) is 4.79 Å². The highest BCUT2D eigenvalue weighted by Gasteiger charge is 2.06. The summed E-state index contributed by atoms with van der Waals surface area (Å²) in [6, 6.07) is 17.6. The van der Waals surface area contributed by atoms with Crippen LogP contribution in [0.15, 0.2) is 61.2 Å². The molecule has 0 radical (unpaired) electrons. The SMILES string of the molecule is C=CC(=O)OCC(O)CCCCCCOc1ccc(-c2ccc(C#N)cc2)cc1. The fourth-order valence-corrected chi connectivity index (χ4v) is 2.83. The van der Waals surface area contributed by atoms with E-state index in [4.69, 9.17) is 14.7 Å². The van der Waals surface area contributed by atoms with Crippen LogP contribution in [0.4, 0.5) is 0 Å². The Morgan fingerprint density at radius 2 is 1.66 bits per heavy atom. The minimum absolute atomic E-state index is 0.0203. The number of esters is 1. The van der Waals surface area contributed by atoms with Crippen LogP contribution in [0, 0.1) is 11.3 Å². The summed E-state index contributed by atoms with van der Waals surface area (Å²) in [4.78, 5) is 10.9. The molecule has 5 heteroatoms. The summed E-state index contributed by atoms with van der Waals surface area (Å²) in [6.45, 7) is 3.98. The lowest BCUT2D eigenvalue weighted by molar-refractivity contribution is -0.140. The highest BCUT2D eigenvalue weighted by Crippen LogP contribution is 2.23. The summed E-state index contributed by atoms with van der Waals surface area (Å²) in [5.74, 6) is 0.327. The molecule has 0 aromatic heterocycles. The molecule has 2 aromatic carbocycles. The lowest BCUT2D eigenvalue weighted by Gasteiger charge is -2.10. The quantitative estimate of drug-likeness (QED) is 0.323. The molecule has 0 aliphatic heterocycles. The van der Waals surface area contributed by atoms with E-state index in [1.54, 1.807) is 0 Å². The molecule has 1 unspecified atom stereocenters. The maximum atomic E-state index is 10.9. The van der Waals surface area contributed by atoms with Gasteiger partial charge in [0.1, 0.15) is 12.4 Å². The first-order valence-electron chi connectivity index (χ1n) is 9.83. The maximum Gasteiger partial charge on any atom is 0.330 e. The molecule has 0 aliphatic rings. The molecule has 0 spiro atoms. The number of ether oxygens (including phenoxy) is 2. The highest BCUT2D eigenvalue weighted by molar-refractivity contribution is 5.81. The van der Waals surface area contributed by atoms with Crippen LogP contribution in [-0.2, 0) is 9.53 Å². The van der Waals surface area contributed by atoms with Gasteiger partial charge in [0, 0.05) is 6.08 Å². The Morgan fingerprint density at radius 3 is 2.28 bits per heavy atom. The maximum absolute atomic E-state index is 10.9. The number of benzene rings is 2. The molecule has 0 bridgehead atoms. The van der Waals surface area contributed by atoms with Gasteiger partial charge >= 0.3 is 5.97 Å². The lowest BCUT2D eigenvalue weighted by atomic mass is 10.0. The number of carbonyl (C=O) groups excluding carboxylic acids is 1. The van der Waals surface area contributed by atoms with E-state index >= 15 is 0 Å². The molecule has 0 aliphatic carbocycles. The zero-order valence-electron chi connectivity index (χ0n) is 16.5. The zero-order chi connectivity index (χ0) is 20.9. The van der Waals surface area contributed by atoms with E-state index in [1.807, 2.05) is 48.5 Å². The fourth-order valence-electron chi connectivity index (χ4n) is 2.83. The summed E-state index contributed by atoms with van der Waals surface area (Å²) in [6.07, 6.45) is 4.92. The Kier molecular flexibility index (Phi) is 9.47. The van der Waals surface area contributed by atoms with Crippen molar-refractivity contribution in [2.75, 3.05) is 13.2 Å². The van der Waals surface area contributed by atoms with Gasteiger partial charge in [0.2, 0.25) is 0 Å². The second kappa shape index (κ2) is 12.4. The van der Waals surface area contributed by atoms with Gasteiger partial charge in [-0.1, -0.05) is 50.1 Å². The van der Waals surface area contributed by atoms with Crippen molar-refractivity contribution in [1.29, 1.82) is 5.26 Å². The Labute approximate surface area is 172 Å². The van der Waals surface area contributed by atoms with Crippen LogP contribution in [0.25, 0.3) is 11.1 Å². The number of unbranched alkanes of at least 4 members (excludes halogenated alkanes) is 3. The van der Waals surface area contributed by atoms with Gasteiger partial charge in [-0.3, -0.25) is 0 Å². The number of aliphatic hydroxyl groups excluding tert-OH is 1. The largest absolute Gasteiger partial charge is 0.494 e. The van der Waals surface area contributed by atoms with Crippen molar-refractivity contribution >= 4 is 5.97 Å². The average Bonchev–Trinajstić information content (AvgIpc) is 2.77. The van der Waals surface area contributed by atoms with Gasteiger partial charge in [-0.2, -0.15) is 5.26 Å². The standard InChI is InChI=1S/C24H27NO4/c1-2-24(27)29-18-22(26)7-5-3-4-6-16-28-23-14-12-21(13-15-23)20-10-8-19(17-25)9-11-20/h2,8-15,22,26H,1,3-7,16,18H2. The first kappa shape index (κ1) is 22.2. The van der Waals surface area contributed by atoms with Crippen molar-refractivity contribution in [3.05, 3.63) is 66.7 Å². The normalized spacial score (nSPS) is 11.3. The predicted molar refractivity (Wildman–Crippen MR) is 112 cm³/mol. The number of nitriles is 1. The Morgan fingerprint density at radius 1 is 1.03 bits per heavy atom. The number of aliphatic hydroxyl groups is 1. The monoisotopic (exact) mass is 393 g/mol. The Bertz CT molecular complexity index is 806. The van der Waals surface area contributed by atoms with Gasteiger partial charge in [0.15, 0.2) is 0 Å². The van der Waals surface area contributed by atoms with E-state index in [2.05, 4.69) is 12.6 Å². The summed E-state index contributed by atoms with van der Waals surface area (Å²) >= 11 is 0. The molecule has 1 atom stereocenters.